The molecule has 0 aliphatic rings. The highest BCUT2D eigenvalue weighted by Gasteiger charge is 2.12. The monoisotopic (exact) mass is 289 g/mol. The molecule has 0 fully saturated rings. The average Bonchev–Trinajstić information content (AvgIpc) is 3.04. The fourth-order valence-corrected chi connectivity index (χ4v) is 2.73. The third-order valence-corrected chi connectivity index (χ3v) is 3.76. The van der Waals surface area contributed by atoms with Crippen LogP contribution in [0.3, 0.4) is 0 Å². The summed E-state index contributed by atoms with van der Waals surface area (Å²) in [6.45, 7) is 0.794. The molecule has 2 aromatic heterocycles. The molecule has 2 heterocycles. The zero-order valence-electron chi connectivity index (χ0n) is 12.2. The highest BCUT2D eigenvalue weighted by atomic mass is 15.3. The van der Waals surface area contributed by atoms with Crippen molar-refractivity contribution in [3.8, 4) is 0 Å². The lowest BCUT2D eigenvalue weighted by atomic mass is 10.2. The zero-order valence-corrected chi connectivity index (χ0v) is 12.2. The Morgan fingerprint density at radius 2 is 1.77 bits per heavy atom. The van der Waals surface area contributed by atoms with Gasteiger partial charge in [-0.2, -0.15) is 4.98 Å². The molecule has 0 radical (unpaired) electrons. The van der Waals surface area contributed by atoms with Crippen molar-refractivity contribution in [2.45, 2.75) is 6.54 Å². The first-order valence-corrected chi connectivity index (χ1v) is 7.16. The molecule has 0 spiro atoms. The van der Waals surface area contributed by atoms with Gasteiger partial charge in [0.1, 0.15) is 12.1 Å². The van der Waals surface area contributed by atoms with Gasteiger partial charge >= 0.3 is 0 Å². The largest absolute Gasteiger partial charge is 0.355 e. The van der Waals surface area contributed by atoms with Crippen molar-refractivity contribution in [3.63, 3.8) is 0 Å². The van der Waals surface area contributed by atoms with Crippen LogP contribution in [-0.4, -0.2) is 26.6 Å². The van der Waals surface area contributed by atoms with Crippen LogP contribution in [0.2, 0.25) is 0 Å². The second-order valence-electron chi connectivity index (χ2n) is 5.30. The van der Waals surface area contributed by atoms with Gasteiger partial charge in [-0.15, -0.1) is 10.2 Å². The van der Waals surface area contributed by atoms with E-state index in [1.807, 2.05) is 22.6 Å². The van der Waals surface area contributed by atoms with E-state index in [0.717, 1.165) is 23.3 Å². The minimum Gasteiger partial charge on any atom is -0.355 e. The summed E-state index contributed by atoms with van der Waals surface area (Å²) < 4.78 is 1.91. The highest BCUT2D eigenvalue weighted by Crippen LogP contribution is 2.25. The molecule has 0 unspecified atom stereocenters. The maximum atomic E-state index is 4.67. The molecule has 108 valence electrons. The van der Waals surface area contributed by atoms with E-state index in [4.69, 9.17) is 0 Å². The molecule has 2 aromatic carbocycles. The molecule has 4 rings (SSSR count). The van der Waals surface area contributed by atoms with Crippen LogP contribution in [0.1, 0.15) is 5.56 Å². The summed E-state index contributed by atoms with van der Waals surface area (Å²) in [5, 5.41) is 9.15. The molecule has 4 aromatic rings. The van der Waals surface area contributed by atoms with Crippen molar-refractivity contribution in [2.24, 2.45) is 0 Å². The third kappa shape index (κ3) is 2.07. The fourth-order valence-electron chi connectivity index (χ4n) is 2.73. The standard InChI is InChI=1S/C17H15N5/c1-21(11-13-7-3-2-4-8-13)16-14-9-5-6-10-15(14)22-12-18-20-17(22)19-16/h2-10,12H,11H2,1H3. The molecule has 22 heavy (non-hydrogen) atoms. The van der Waals surface area contributed by atoms with E-state index in [9.17, 15) is 0 Å². The van der Waals surface area contributed by atoms with E-state index in [0.29, 0.717) is 5.78 Å². The normalized spacial score (nSPS) is 11.1. The number of hydrogen-bond acceptors (Lipinski definition) is 4. The Hall–Kier alpha value is -2.95. The molecule has 0 saturated heterocycles. The summed E-state index contributed by atoms with van der Waals surface area (Å²) >= 11 is 0. The molecule has 5 heteroatoms. The van der Waals surface area contributed by atoms with Crippen LogP contribution in [0, 0.1) is 0 Å². The van der Waals surface area contributed by atoms with Gasteiger partial charge in [-0.1, -0.05) is 42.5 Å². The number of hydrogen-bond donors (Lipinski definition) is 0. The van der Waals surface area contributed by atoms with Crippen molar-refractivity contribution in [2.75, 3.05) is 11.9 Å². The lowest BCUT2D eigenvalue weighted by Crippen LogP contribution is -2.18. The molecule has 0 atom stereocenters. The molecular formula is C17H15N5. The van der Waals surface area contributed by atoms with Gasteiger partial charge in [0.25, 0.3) is 5.78 Å². The van der Waals surface area contributed by atoms with E-state index in [2.05, 4.69) is 63.5 Å². The summed E-state index contributed by atoms with van der Waals surface area (Å²) in [6.07, 6.45) is 1.70. The molecule has 0 amide bonds. The lowest BCUT2D eigenvalue weighted by molar-refractivity contribution is 0.901. The van der Waals surface area contributed by atoms with Crippen LogP contribution in [-0.2, 0) is 6.54 Å². The van der Waals surface area contributed by atoms with Crippen LogP contribution in [0.25, 0.3) is 16.7 Å². The first-order chi connectivity index (χ1) is 10.8. The predicted molar refractivity (Wildman–Crippen MR) is 86.8 cm³/mol. The second-order valence-corrected chi connectivity index (χ2v) is 5.30. The van der Waals surface area contributed by atoms with E-state index in [-0.39, 0.29) is 0 Å². The topological polar surface area (TPSA) is 46.3 Å². The number of nitrogens with zero attached hydrogens (tertiary/aromatic N) is 5. The molecule has 0 bridgehead atoms. The molecule has 0 aliphatic carbocycles. The van der Waals surface area contributed by atoms with Gasteiger partial charge in [0, 0.05) is 19.0 Å². The number of benzene rings is 2. The number of anilines is 1. The lowest BCUT2D eigenvalue weighted by Gasteiger charge is -2.20. The zero-order chi connectivity index (χ0) is 14.9. The molecule has 5 nitrogen and oxygen atoms in total. The maximum Gasteiger partial charge on any atom is 0.257 e. The van der Waals surface area contributed by atoms with Crippen molar-refractivity contribution < 1.29 is 0 Å². The minimum atomic E-state index is 0.619. The van der Waals surface area contributed by atoms with Crippen molar-refractivity contribution in [1.82, 2.24) is 19.6 Å². The fraction of sp³-hybridized carbons (Fsp3) is 0.118. The Morgan fingerprint density at radius 3 is 2.64 bits per heavy atom. The van der Waals surface area contributed by atoms with Gasteiger partial charge in [0.05, 0.1) is 5.52 Å². The molecule has 0 aliphatic heterocycles. The Bertz CT molecular complexity index is 930. The van der Waals surface area contributed by atoms with E-state index >= 15 is 0 Å². The molecule has 0 N–H and O–H groups in total. The Morgan fingerprint density at radius 1 is 1.00 bits per heavy atom. The Kier molecular flexibility index (Phi) is 2.96. The van der Waals surface area contributed by atoms with Gasteiger partial charge < -0.3 is 4.90 Å². The van der Waals surface area contributed by atoms with Crippen LogP contribution in [0.15, 0.2) is 60.9 Å². The average molecular weight is 289 g/mol. The molecule has 0 saturated carbocycles. The number of para-hydroxylation sites is 1. The highest BCUT2D eigenvalue weighted by molar-refractivity contribution is 5.91. The Labute approximate surface area is 127 Å². The smallest absolute Gasteiger partial charge is 0.257 e. The number of aromatic nitrogens is 4. The number of fused-ring (bicyclic) bond motifs is 3. The summed E-state index contributed by atoms with van der Waals surface area (Å²) in [5.41, 5.74) is 2.31. The van der Waals surface area contributed by atoms with Crippen molar-refractivity contribution in [1.29, 1.82) is 0 Å². The summed E-state index contributed by atoms with van der Waals surface area (Å²) in [7, 11) is 2.05. The maximum absolute atomic E-state index is 4.67. The summed E-state index contributed by atoms with van der Waals surface area (Å²) in [4.78, 5) is 6.82. The van der Waals surface area contributed by atoms with Gasteiger partial charge in [0.2, 0.25) is 0 Å². The van der Waals surface area contributed by atoms with Gasteiger partial charge in [-0.25, -0.2) is 0 Å². The van der Waals surface area contributed by atoms with E-state index < -0.39 is 0 Å². The van der Waals surface area contributed by atoms with Crippen molar-refractivity contribution >= 4 is 22.5 Å². The number of rotatable bonds is 3. The van der Waals surface area contributed by atoms with Crippen LogP contribution in [0.4, 0.5) is 5.82 Å². The van der Waals surface area contributed by atoms with E-state index in [1.54, 1.807) is 6.33 Å². The van der Waals surface area contributed by atoms with Crippen LogP contribution >= 0.6 is 0 Å². The van der Waals surface area contributed by atoms with E-state index in [1.165, 1.54) is 5.56 Å². The van der Waals surface area contributed by atoms with Gasteiger partial charge in [-0.3, -0.25) is 4.40 Å². The predicted octanol–water partition coefficient (Wildman–Crippen LogP) is 2.91. The first kappa shape index (κ1) is 12.8. The second kappa shape index (κ2) is 5.11. The third-order valence-electron chi connectivity index (χ3n) is 3.76. The quantitative estimate of drug-likeness (QED) is 0.582. The van der Waals surface area contributed by atoms with Gasteiger partial charge in [-0.05, 0) is 17.7 Å². The summed E-state index contributed by atoms with van der Waals surface area (Å²) in [5.74, 6) is 1.54. The van der Waals surface area contributed by atoms with Gasteiger partial charge in [0.15, 0.2) is 0 Å². The summed E-state index contributed by atoms with van der Waals surface area (Å²) in [6, 6.07) is 18.6. The van der Waals surface area contributed by atoms with Crippen molar-refractivity contribution in [3.05, 3.63) is 66.5 Å². The Balaban J connectivity index is 1.85. The minimum absolute atomic E-state index is 0.619. The SMILES string of the molecule is CN(Cc1ccccc1)c1nc2nncn2c2ccccc12. The van der Waals surface area contributed by atoms with Crippen LogP contribution in [0.5, 0.6) is 0 Å². The first-order valence-electron chi connectivity index (χ1n) is 7.16. The molecular weight excluding hydrogens is 274 g/mol. The van der Waals surface area contributed by atoms with Crippen LogP contribution < -0.4 is 4.90 Å².